The third kappa shape index (κ3) is 2.15. The number of carbonyl (C=O) groups is 1. The van der Waals surface area contributed by atoms with Crippen LogP contribution >= 0.6 is 11.3 Å². The summed E-state index contributed by atoms with van der Waals surface area (Å²) in [4.78, 5) is 11.0. The van der Waals surface area contributed by atoms with Gasteiger partial charge in [0.2, 0.25) is 0 Å². The molecule has 0 radical (unpaired) electrons. The van der Waals surface area contributed by atoms with E-state index in [-0.39, 0.29) is 6.42 Å². The van der Waals surface area contributed by atoms with Crippen molar-refractivity contribution in [2.75, 3.05) is 6.26 Å². The minimum Gasteiger partial charge on any atom is -0.481 e. The SMILES string of the molecule is CS(=O)c1cscc1CC(=O)O. The van der Waals surface area contributed by atoms with E-state index < -0.39 is 16.8 Å². The Morgan fingerprint density at radius 3 is 2.83 bits per heavy atom. The molecule has 0 saturated carbocycles. The number of rotatable bonds is 3. The van der Waals surface area contributed by atoms with Gasteiger partial charge in [0.25, 0.3) is 0 Å². The molecular formula is C7H8O3S2. The van der Waals surface area contributed by atoms with Crippen molar-refractivity contribution in [1.82, 2.24) is 0 Å². The average Bonchev–Trinajstić information content (AvgIpc) is 2.33. The smallest absolute Gasteiger partial charge is 0.307 e. The van der Waals surface area contributed by atoms with Crippen molar-refractivity contribution in [2.24, 2.45) is 0 Å². The van der Waals surface area contributed by atoms with E-state index in [9.17, 15) is 9.00 Å². The molecule has 0 saturated heterocycles. The van der Waals surface area contributed by atoms with Gasteiger partial charge in [-0.3, -0.25) is 9.00 Å². The molecule has 0 spiro atoms. The highest BCUT2D eigenvalue weighted by Gasteiger charge is 2.09. The minimum atomic E-state index is -1.08. The molecule has 3 nitrogen and oxygen atoms in total. The number of hydrogen-bond donors (Lipinski definition) is 1. The van der Waals surface area contributed by atoms with Gasteiger partial charge in [-0.2, -0.15) is 11.3 Å². The highest BCUT2D eigenvalue weighted by atomic mass is 32.2. The summed E-state index contributed by atoms with van der Waals surface area (Å²) in [6.07, 6.45) is 1.51. The topological polar surface area (TPSA) is 54.4 Å². The van der Waals surface area contributed by atoms with E-state index in [2.05, 4.69) is 0 Å². The van der Waals surface area contributed by atoms with E-state index in [1.54, 1.807) is 17.0 Å². The fourth-order valence-electron chi connectivity index (χ4n) is 0.856. The predicted molar refractivity (Wildman–Crippen MR) is 48.0 cm³/mol. The van der Waals surface area contributed by atoms with Gasteiger partial charge >= 0.3 is 5.97 Å². The van der Waals surface area contributed by atoms with Gasteiger partial charge < -0.3 is 5.11 Å². The minimum absolute atomic E-state index is 0.0432. The van der Waals surface area contributed by atoms with Gasteiger partial charge in [0.05, 0.1) is 22.1 Å². The highest BCUT2D eigenvalue weighted by molar-refractivity contribution is 7.84. The Kier molecular flexibility index (Phi) is 2.99. The van der Waals surface area contributed by atoms with Gasteiger partial charge in [-0.1, -0.05) is 0 Å². The lowest BCUT2D eigenvalue weighted by atomic mass is 10.2. The summed E-state index contributed by atoms with van der Waals surface area (Å²) in [6, 6.07) is 0. The Morgan fingerprint density at radius 1 is 1.67 bits per heavy atom. The normalized spacial score (nSPS) is 12.8. The number of carboxylic acid groups (broad SMARTS) is 1. The molecule has 0 fully saturated rings. The standard InChI is InChI=1S/C7H8O3S2/c1-12(10)6-4-11-3-5(6)2-7(8)9/h3-4H,2H2,1H3,(H,8,9). The number of aliphatic carboxylic acids is 1. The molecule has 0 aliphatic carbocycles. The molecule has 12 heavy (non-hydrogen) atoms. The van der Waals surface area contributed by atoms with Crippen molar-refractivity contribution < 1.29 is 14.1 Å². The lowest BCUT2D eigenvalue weighted by Gasteiger charge is -1.95. The summed E-state index contributed by atoms with van der Waals surface area (Å²) in [5, 5.41) is 12.0. The van der Waals surface area contributed by atoms with E-state index in [1.807, 2.05) is 0 Å². The van der Waals surface area contributed by atoms with Crippen LogP contribution < -0.4 is 0 Å². The van der Waals surface area contributed by atoms with E-state index in [0.29, 0.717) is 10.5 Å². The van der Waals surface area contributed by atoms with Gasteiger partial charge in [-0.25, -0.2) is 0 Å². The highest BCUT2D eigenvalue weighted by Crippen LogP contribution is 2.18. The Bertz CT molecular complexity index is 316. The maximum Gasteiger partial charge on any atom is 0.307 e. The third-order valence-corrected chi connectivity index (χ3v) is 3.29. The van der Waals surface area contributed by atoms with Crippen LogP contribution in [-0.2, 0) is 22.0 Å². The van der Waals surface area contributed by atoms with Gasteiger partial charge in [-0.05, 0) is 10.9 Å². The molecule has 1 rings (SSSR count). The first kappa shape index (κ1) is 9.41. The fourth-order valence-corrected chi connectivity index (χ4v) is 2.86. The number of carboxylic acids is 1. The number of thiophene rings is 1. The van der Waals surface area contributed by atoms with Crippen molar-refractivity contribution in [2.45, 2.75) is 11.3 Å². The third-order valence-electron chi connectivity index (χ3n) is 1.35. The molecule has 1 N–H and O–H groups in total. The van der Waals surface area contributed by atoms with E-state index in [4.69, 9.17) is 5.11 Å². The van der Waals surface area contributed by atoms with Crippen LogP contribution in [-0.4, -0.2) is 21.5 Å². The monoisotopic (exact) mass is 204 g/mol. The zero-order valence-electron chi connectivity index (χ0n) is 6.44. The summed E-state index contributed by atoms with van der Waals surface area (Å²) in [7, 11) is -1.08. The molecule has 1 heterocycles. The van der Waals surface area contributed by atoms with E-state index >= 15 is 0 Å². The van der Waals surface area contributed by atoms with Crippen LogP contribution in [0.1, 0.15) is 5.56 Å². The Morgan fingerprint density at radius 2 is 2.33 bits per heavy atom. The molecule has 5 heteroatoms. The van der Waals surface area contributed by atoms with Crippen molar-refractivity contribution in [3.05, 3.63) is 16.3 Å². The molecule has 0 amide bonds. The van der Waals surface area contributed by atoms with Crippen LogP contribution in [0, 0.1) is 0 Å². The van der Waals surface area contributed by atoms with Crippen molar-refractivity contribution in [3.63, 3.8) is 0 Å². The zero-order chi connectivity index (χ0) is 9.14. The van der Waals surface area contributed by atoms with Crippen LogP contribution in [0.2, 0.25) is 0 Å². The van der Waals surface area contributed by atoms with Crippen LogP contribution in [0.4, 0.5) is 0 Å². The van der Waals surface area contributed by atoms with E-state index in [1.165, 1.54) is 11.3 Å². The van der Waals surface area contributed by atoms with Crippen LogP contribution in [0.25, 0.3) is 0 Å². The quantitative estimate of drug-likeness (QED) is 0.802. The summed E-state index contributed by atoms with van der Waals surface area (Å²) in [6.45, 7) is 0. The largest absolute Gasteiger partial charge is 0.481 e. The van der Waals surface area contributed by atoms with Crippen LogP contribution in [0.3, 0.4) is 0 Å². The molecule has 1 aromatic rings. The molecule has 0 aliphatic rings. The molecule has 66 valence electrons. The first-order valence-corrected chi connectivity index (χ1v) is 5.71. The maximum atomic E-state index is 11.0. The summed E-state index contributed by atoms with van der Waals surface area (Å²) < 4.78 is 11.0. The molecule has 1 unspecified atom stereocenters. The summed E-state index contributed by atoms with van der Waals surface area (Å²) >= 11 is 1.38. The zero-order valence-corrected chi connectivity index (χ0v) is 8.08. The fraction of sp³-hybridized carbons (Fsp3) is 0.286. The van der Waals surface area contributed by atoms with Crippen LogP contribution in [0.5, 0.6) is 0 Å². The second-order valence-electron chi connectivity index (χ2n) is 2.29. The van der Waals surface area contributed by atoms with Gasteiger partial charge in [0.15, 0.2) is 0 Å². The molecule has 0 bridgehead atoms. The van der Waals surface area contributed by atoms with Gasteiger partial charge in [0.1, 0.15) is 0 Å². The molecule has 1 aromatic heterocycles. The Hall–Kier alpha value is -0.680. The molecule has 0 aliphatic heterocycles. The van der Waals surface area contributed by atoms with Crippen molar-refractivity contribution >= 4 is 28.1 Å². The lowest BCUT2D eigenvalue weighted by molar-refractivity contribution is -0.136. The molecule has 0 aromatic carbocycles. The maximum absolute atomic E-state index is 11.0. The van der Waals surface area contributed by atoms with Crippen molar-refractivity contribution in [1.29, 1.82) is 0 Å². The van der Waals surface area contributed by atoms with Gasteiger partial charge in [0, 0.05) is 11.6 Å². The second kappa shape index (κ2) is 3.82. The summed E-state index contributed by atoms with van der Waals surface area (Å²) in [5.74, 6) is -0.889. The second-order valence-corrected chi connectivity index (χ2v) is 4.38. The summed E-state index contributed by atoms with van der Waals surface area (Å²) in [5.41, 5.74) is 0.660. The average molecular weight is 204 g/mol. The van der Waals surface area contributed by atoms with E-state index in [0.717, 1.165) is 0 Å². The first-order chi connectivity index (χ1) is 5.61. The number of hydrogen-bond acceptors (Lipinski definition) is 3. The van der Waals surface area contributed by atoms with Gasteiger partial charge in [-0.15, -0.1) is 0 Å². The first-order valence-electron chi connectivity index (χ1n) is 3.21. The predicted octanol–water partition coefficient (Wildman–Crippen LogP) is 1.11. The molecule has 1 atom stereocenters. The van der Waals surface area contributed by atoms with Crippen LogP contribution in [0.15, 0.2) is 15.7 Å². The molecular weight excluding hydrogens is 196 g/mol. The lowest BCUT2D eigenvalue weighted by Crippen LogP contribution is -2.01. The Balaban J connectivity index is 2.91. The Labute approximate surface area is 76.5 Å². The van der Waals surface area contributed by atoms with Crippen molar-refractivity contribution in [3.8, 4) is 0 Å².